The van der Waals surface area contributed by atoms with Gasteiger partial charge < -0.3 is 15.4 Å². The number of rotatable bonds is 3. The largest absolute Gasteiger partial charge is 0.483 e. The average Bonchev–Trinajstić information content (AvgIpc) is 2.56. The Morgan fingerprint density at radius 1 is 1.29 bits per heavy atom. The molecule has 2 aromatic rings. The molecule has 3 rings (SSSR count). The number of nitrogens with two attached hydrogens (primary N) is 1. The molecule has 0 saturated heterocycles. The van der Waals surface area contributed by atoms with Gasteiger partial charge in [-0.1, -0.05) is 23.7 Å². The molecular formula is C18H20Cl2N2O2. The number of hydrogen-bond acceptors (Lipinski definition) is 3. The van der Waals surface area contributed by atoms with Gasteiger partial charge in [0.2, 0.25) is 0 Å². The monoisotopic (exact) mass is 366 g/mol. The van der Waals surface area contributed by atoms with Crippen molar-refractivity contribution >= 4 is 41.3 Å². The fraction of sp³-hybridized carbons (Fsp3) is 0.278. The lowest BCUT2D eigenvalue weighted by Gasteiger charge is -2.30. The van der Waals surface area contributed by atoms with Crippen LogP contribution in [-0.2, 0) is 11.2 Å². The first kappa shape index (κ1) is 18.4. The molecule has 0 bridgehead atoms. The summed E-state index contributed by atoms with van der Waals surface area (Å²) in [5.74, 6) is 0.562. The van der Waals surface area contributed by atoms with Gasteiger partial charge in [-0.15, -0.1) is 12.4 Å². The molecule has 1 aliphatic heterocycles. The summed E-state index contributed by atoms with van der Waals surface area (Å²) < 4.78 is 5.67. The summed E-state index contributed by atoms with van der Waals surface area (Å²) in [5.41, 5.74) is 9.55. The van der Waals surface area contributed by atoms with Gasteiger partial charge in [0.25, 0.3) is 5.91 Å². The van der Waals surface area contributed by atoms with Gasteiger partial charge in [0.05, 0.1) is 0 Å². The fourth-order valence-electron chi connectivity index (χ4n) is 2.87. The van der Waals surface area contributed by atoms with Crippen LogP contribution in [0.1, 0.15) is 17.5 Å². The molecule has 1 heterocycles. The third kappa shape index (κ3) is 3.60. The van der Waals surface area contributed by atoms with E-state index in [-0.39, 0.29) is 24.9 Å². The van der Waals surface area contributed by atoms with E-state index in [1.165, 1.54) is 0 Å². The lowest BCUT2D eigenvalue weighted by atomic mass is 10.00. The third-order valence-electron chi connectivity index (χ3n) is 4.16. The molecule has 2 N–H and O–H groups in total. The van der Waals surface area contributed by atoms with Crippen molar-refractivity contribution in [3.63, 3.8) is 0 Å². The molecule has 128 valence electrons. The van der Waals surface area contributed by atoms with Crippen LogP contribution in [-0.4, -0.2) is 19.1 Å². The molecule has 0 atom stereocenters. The molecule has 2 aromatic carbocycles. The Balaban J connectivity index is 0.00000208. The lowest BCUT2D eigenvalue weighted by Crippen LogP contribution is -2.38. The molecule has 4 nitrogen and oxygen atoms in total. The summed E-state index contributed by atoms with van der Waals surface area (Å²) in [6.07, 6.45) is 1.81. The van der Waals surface area contributed by atoms with Crippen LogP contribution in [0.3, 0.4) is 0 Å². The van der Waals surface area contributed by atoms with Crippen LogP contribution < -0.4 is 15.4 Å². The van der Waals surface area contributed by atoms with Gasteiger partial charge in [-0.2, -0.15) is 0 Å². The zero-order valence-electron chi connectivity index (χ0n) is 13.4. The van der Waals surface area contributed by atoms with E-state index in [0.29, 0.717) is 17.3 Å². The minimum atomic E-state index is -0.0732. The van der Waals surface area contributed by atoms with E-state index >= 15 is 0 Å². The highest BCUT2D eigenvalue weighted by molar-refractivity contribution is 6.31. The first-order chi connectivity index (χ1) is 11.1. The molecule has 0 saturated carbocycles. The topological polar surface area (TPSA) is 55.6 Å². The predicted molar refractivity (Wildman–Crippen MR) is 100 cm³/mol. The van der Waals surface area contributed by atoms with E-state index in [2.05, 4.69) is 0 Å². The number of fused-ring (bicyclic) bond motifs is 1. The van der Waals surface area contributed by atoms with E-state index in [4.69, 9.17) is 22.1 Å². The number of carbonyl (C=O) groups is 1. The molecule has 0 aliphatic carbocycles. The average molecular weight is 367 g/mol. The highest BCUT2D eigenvalue weighted by Crippen LogP contribution is 2.31. The van der Waals surface area contributed by atoms with Gasteiger partial charge >= 0.3 is 0 Å². The number of anilines is 2. The SMILES string of the molecule is Cc1c(Cl)cccc1OCC(=O)N1CCCc2c(N)cccc21.Cl. The van der Waals surface area contributed by atoms with Crippen molar-refractivity contribution in [2.24, 2.45) is 0 Å². The first-order valence-corrected chi connectivity index (χ1v) is 8.01. The van der Waals surface area contributed by atoms with E-state index in [0.717, 1.165) is 35.3 Å². The van der Waals surface area contributed by atoms with Crippen LogP contribution in [0, 0.1) is 6.92 Å². The number of benzene rings is 2. The molecule has 0 radical (unpaired) electrons. The Bertz CT molecular complexity index is 750. The van der Waals surface area contributed by atoms with E-state index in [1.807, 2.05) is 37.3 Å². The van der Waals surface area contributed by atoms with E-state index in [1.54, 1.807) is 11.0 Å². The maximum atomic E-state index is 12.6. The predicted octanol–water partition coefficient (Wildman–Crippen LogP) is 4.01. The van der Waals surface area contributed by atoms with Gasteiger partial charge in [0, 0.05) is 28.5 Å². The second kappa shape index (κ2) is 7.77. The highest BCUT2D eigenvalue weighted by Gasteiger charge is 2.24. The van der Waals surface area contributed by atoms with Crippen LogP contribution >= 0.6 is 24.0 Å². The minimum absolute atomic E-state index is 0. The Labute approximate surface area is 153 Å². The van der Waals surface area contributed by atoms with Crippen LogP contribution in [0.25, 0.3) is 0 Å². The maximum Gasteiger partial charge on any atom is 0.264 e. The van der Waals surface area contributed by atoms with E-state index in [9.17, 15) is 4.79 Å². The van der Waals surface area contributed by atoms with Crippen molar-refractivity contribution in [3.05, 3.63) is 52.5 Å². The molecule has 0 spiro atoms. The summed E-state index contributed by atoms with van der Waals surface area (Å²) in [5, 5.41) is 0.631. The number of ether oxygens (including phenoxy) is 1. The fourth-order valence-corrected chi connectivity index (χ4v) is 3.04. The third-order valence-corrected chi connectivity index (χ3v) is 4.57. The van der Waals surface area contributed by atoms with Gasteiger partial charge in [0.15, 0.2) is 6.61 Å². The normalized spacial score (nSPS) is 13.0. The Morgan fingerprint density at radius 2 is 2.04 bits per heavy atom. The molecule has 24 heavy (non-hydrogen) atoms. The first-order valence-electron chi connectivity index (χ1n) is 7.63. The van der Waals surface area contributed by atoms with Crippen LogP contribution in [0.2, 0.25) is 5.02 Å². The Morgan fingerprint density at radius 3 is 2.83 bits per heavy atom. The summed E-state index contributed by atoms with van der Waals surface area (Å²) >= 11 is 6.07. The molecule has 6 heteroatoms. The number of hydrogen-bond donors (Lipinski definition) is 1. The van der Waals surface area contributed by atoms with Gasteiger partial charge in [-0.25, -0.2) is 0 Å². The molecular weight excluding hydrogens is 347 g/mol. The number of halogens is 2. The number of carbonyl (C=O) groups excluding carboxylic acids is 1. The molecule has 0 fully saturated rings. The van der Waals surface area contributed by atoms with Crippen molar-refractivity contribution in [1.82, 2.24) is 0 Å². The minimum Gasteiger partial charge on any atom is -0.483 e. The van der Waals surface area contributed by atoms with Gasteiger partial charge in [-0.3, -0.25) is 4.79 Å². The zero-order valence-corrected chi connectivity index (χ0v) is 15.0. The molecule has 1 aliphatic rings. The summed E-state index contributed by atoms with van der Waals surface area (Å²) in [6, 6.07) is 11.1. The van der Waals surface area contributed by atoms with Crippen molar-refractivity contribution in [2.45, 2.75) is 19.8 Å². The molecule has 1 amide bonds. The Hall–Kier alpha value is -1.91. The van der Waals surface area contributed by atoms with Crippen LogP contribution in [0.5, 0.6) is 5.75 Å². The summed E-state index contributed by atoms with van der Waals surface area (Å²) in [7, 11) is 0. The number of nitrogens with zero attached hydrogens (tertiary/aromatic N) is 1. The van der Waals surface area contributed by atoms with Crippen molar-refractivity contribution in [1.29, 1.82) is 0 Å². The molecule has 0 unspecified atom stereocenters. The second-order valence-corrected chi connectivity index (χ2v) is 6.05. The smallest absolute Gasteiger partial charge is 0.264 e. The van der Waals surface area contributed by atoms with Crippen LogP contribution in [0.4, 0.5) is 11.4 Å². The standard InChI is InChI=1S/C18H19ClN2O2.ClH/c1-12-14(19)6-2-9-17(12)23-11-18(22)21-10-4-5-13-15(20)7-3-8-16(13)21;/h2-3,6-9H,4-5,10-11,20H2,1H3;1H. The maximum absolute atomic E-state index is 12.6. The van der Waals surface area contributed by atoms with Crippen molar-refractivity contribution < 1.29 is 9.53 Å². The van der Waals surface area contributed by atoms with Crippen LogP contribution in [0.15, 0.2) is 36.4 Å². The summed E-state index contributed by atoms with van der Waals surface area (Å²) in [6.45, 7) is 2.54. The number of nitrogen functional groups attached to an aromatic ring is 1. The van der Waals surface area contributed by atoms with Gasteiger partial charge in [-0.05, 0) is 49.6 Å². The van der Waals surface area contributed by atoms with Gasteiger partial charge in [0.1, 0.15) is 5.75 Å². The Kier molecular flexibility index (Phi) is 5.97. The highest BCUT2D eigenvalue weighted by atomic mass is 35.5. The van der Waals surface area contributed by atoms with Crippen molar-refractivity contribution in [3.8, 4) is 5.75 Å². The quantitative estimate of drug-likeness (QED) is 0.834. The second-order valence-electron chi connectivity index (χ2n) is 5.65. The van der Waals surface area contributed by atoms with E-state index < -0.39 is 0 Å². The molecule has 0 aromatic heterocycles. The zero-order chi connectivity index (χ0) is 16.4. The number of amides is 1. The lowest BCUT2D eigenvalue weighted by molar-refractivity contribution is -0.120. The van der Waals surface area contributed by atoms with Crippen molar-refractivity contribution in [2.75, 3.05) is 23.8 Å². The summed E-state index contributed by atoms with van der Waals surface area (Å²) in [4.78, 5) is 14.3.